The number of rotatable bonds is 3. The van der Waals surface area contributed by atoms with Gasteiger partial charge in [-0.3, -0.25) is 0 Å². The molecule has 1 aromatic carbocycles. The molecule has 0 saturated carbocycles. The van der Waals surface area contributed by atoms with Crippen molar-refractivity contribution in [2.75, 3.05) is 32.5 Å². The zero-order valence-corrected chi connectivity index (χ0v) is 17.9. The fourth-order valence-electron chi connectivity index (χ4n) is 3.47. The Hall–Kier alpha value is -2.19. The van der Waals surface area contributed by atoms with Crippen molar-refractivity contribution in [3.05, 3.63) is 22.2 Å². The van der Waals surface area contributed by atoms with Gasteiger partial charge in [0.05, 0.1) is 23.9 Å². The lowest BCUT2D eigenvalue weighted by molar-refractivity contribution is -0.0747. The number of carbonyl (C=O) groups is 2. The Morgan fingerprint density at radius 1 is 1.31 bits per heavy atom. The summed E-state index contributed by atoms with van der Waals surface area (Å²) in [4.78, 5) is 26.7. The van der Waals surface area contributed by atoms with E-state index in [1.807, 2.05) is 20.8 Å². The molecular weight excluding hydrogens is 400 g/mol. The summed E-state index contributed by atoms with van der Waals surface area (Å²) in [7, 11) is 1.52. The lowest BCUT2D eigenvalue weighted by Crippen LogP contribution is -2.52. The minimum absolute atomic E-state index is 0.251. The fourth-order valence-corrected chi connectivity index (χ4v) is 3.69. The molecule has 1 aromatic rings. The lowest BCUT2D eigenvalue weighted by Gasteiger charge is -2.37. The maximum atomic E-state index is 12.8. The zero-order valence-electron chi connectivity index (χ0n) is 17.1. The Morgan fingerprint density at radius 2 is 2.03 bits per heavy atom. The topological polar surface area (TPSA) is 100 Å². The SMILES string of the molecule is CO[C@H]1CN(C(=O)OC(C)(C)C)CC[C@H]1OC(=O)c1cc(Cl)c(N)c2c1OCC2. The largest absolute Gasteiger partial charge is 0.492 e. The van der Waals surface area contributed by atoms with Crippen molar-refractivity contribution in [3.8, 4) is 5.75 Å². The second kappa shape index (κ2) is 8.28. The van der Waals surface area contributed by atoms with Crippen LogP contribution in [0.15, 0.2) is 6.07 Å². The minimum Gasteiger partial charge on any atom is -0.492 e. The van der Waals surface area contributed by atoms with Gasteiger partial charge in [0, 0.05) is 32.1 Å². The molecule has 29 heavy (non-hydrogen) atoms. The van der Waals surface area contributed by atoms with Crippen LogP contribution in [0.4, 0.5) is 10.5 Å². The summed E-state index contributed by atoms with van der Waals surface area (Å²) < 4.78 is 22.2. The van der Waals surface area contributed by atoms with E-state index in [2.05, 4.69) is 0 Å². The molecule has 2 aliphatic rings. The number of amides is 1. The van der Waals surface area contributed by atoms with Crippen molar-refractivity contribution in [2.45, 2.75) is 51.4 Å². The number of likely N-dealkylation sites (tertiary alicyclic amines) is 1. The Balaban J connectivity index is 1.70. The number of nitrogens with zero attached hydrogens (tertiary/aromatic N) is 1. The molecule has 2 aliphatic heterocycles. The zero-order chi connectivity index (χ0) is 21.3. The number of piperidine rings is 1. The van der Waals surface area contributed by atoms with E-state index in [1.165, 1.54) is 13.2 Å². The third-order valence-electron chi connectivity index (χ3n) is 4.90. The van der Waals surface area contributed by atoms with Crippen LogP contribution in [-0.4, -0.2) is 61.6 Å². The summed E-state index contributed by atoms with van der Waals surface area (Å²) in [5.41, 5.74) is 6.81. The standard InChI is InChI=1S/C20H27ClN2O6/c1-20(2,3)29-19(25)23-7-5-14(15(10-23)26-4)28-18(24)12-9-13(21)16(22)11-6-8-27-17(11)12/h9,14-15H,5-8,10,22H2,1-4H3/t14-,15+/m1/s1. The Labute approximate surface area is 175 Å². The number of methoxy groups -OCH3 is 1. The number of nitrogens with two attached hydrogens (primary N) is 1. The molecule has 160 valence electrons. The van der Waals surface area contributed by atoms with Crippen molar-refractivity contribution in [2.24, 2.45) is 0 Å². The van der Waals surface area contributed by atoms with Gasteiger partial charge >= 0.3 is 12.1 Å². The van der Waals surface area contributed by atoms with Crippen LogP contribution in [0.1, 0.15) is 43.1 Å². The quantitative estimate of drug-likeness (QED) is 0.585. The van der Waals surface area contributed by atoms with Gasteiger partial charge in [-0.15, -0.1) is 0 Å². The van der Waals surface area contributed by atoms with Gasteiger partial charge in [0.1, 0.15) is 29.1 Å². The van der Waals surface area contributed by atoms with E-state index in [4.69, 9.17) is 36.3 Å². The molecule has 0 radical (unpaired) electrons. The number of fused-ring (bicyclic) bond motifs is 1. The van der Waals surface area contributed by atoms with E-state index in [1.54, 1.807) is 4.90 Å². The van der Waals surface area contributed by atoms with Crippen molar-refractivity contribution in [1.29, 1.82) is 0 Å². The second-order valence-electron chi connectivity index (χ2n) is 8.16. The smallest absolute Gasteiger partial charge is 0.410 e. The maximum absolute atomic E-state index is 12.8. The first-order chi connectivity index (χ1) is 13.6. The van der Waals surface area contributed by atoms with E-state index in [0.717, 1.165) is 5.56 Å². The molecule has 0 spiro atoms. The lowest BCUT2D eigenvalue weighted by atomic mass is 10.0. The van der Waals surface area contributed by atoms with Crippen LogP contribution in [0, 0.1) is 0 Å². The third-order valence-corrected chi connectivity index (χ3v) is 5.21. The number of benzene rings is 1. The van der Waals surface area contributed by atoms with Gasteiger partial charge in [-0.05, 0) is 26.8 Å². The van der Waals surface area contributed by atoms with E-state index in [9.17, 15) is 9.59 Å². The predicted molar refractivity (Wildman–Crippen MR) is 107 cm³/mol. The first-order valence-electron chi connectivity index (χ1n) is 9.56. The molecule has 2 atom stereocenters. The molecule has 2 N–H and O–H groups in total. The number of hydrogen-bond acceptors (Lipinski definition) is 7. The van der Waals surface area contributed by atoms with Gasteiger partial charge in [-0.1, -0.05) is 11.6 Å². The predicted octanol–water partition coefficient (Wildman–Crippen LogP) is 3.04. The molecule has 1 saturated heterocycles. The molecule has 1 amide bonds. The van der Waals surface area contributed by atoms with Gasteiger partial charge in [0.25, 0.3) is 0 Å². The van der Waals surface area contributed by atoms with E-state index >= 15 is 0 Å². The highest BCUT2D eigenvalue weighted by molar-refractivity contribution is 6.33. The number of ether oxygens (including phenoxy) is 4. The summed E-state index contributed by atoms with van der Waals surface area (Å²) in [6.07, 6.45) is -0.384. The monoisotopic (exact) mass is 426 g/mol. The molecule has 9 heteroatoms. The van der Waals surface area contributed by atoms with E-state index < -0.39 is 29.9 Å². The van der Waals surface area contributed by atoms with E-state index in [0.29, 0.717) is 42.5 Å². The molecule has 0 bridgehead atoms. The van der Waals surface area contributed by atoms with Gasteiger partial charge in [-0.2, -0.15) is 0 Å². The van der Waals surface area contributed by atoms with Crippen LogP contribution in [-0.2, 0) is 20.6 Å². The number of esters is 1. The van der Waals surface area contributed by atoms with Gasteiger partial charge in [-0.25, -0.2) is 9.59 Å². The highest BCUT2D eigenvalue weighted by Crippen LogP contribution is 2.39. The number of halogens is 1. The summed E-state index contributed by atoms with van der Waals surface area (Å²) in [5, 5.41) is 0.296. The maximum Gasteiger partial charge on any atom is 0.410 e. The van der Waals surface area contributed by atoms with Crippen LogP contribution in [0.25, 0.3) is 0 Å². The molecule has 8 nitrogen and oxygen atoms in total. The molecule has 0 aliphatic carbocycles. The van der Waals surface area contributed by atoms with Crippen LogP contribution in [0.5, 0.6) is 5.75 Å². The minimum atomic E-state index is -0.586. The molecular formula is C20H27ClN2O6. The highest BCUT2D eigenvalue weighted by atomic mass is 35.5. The van der Waals surface area contributed by atoms with Gasteiger partial charge < -0.3 is 29.6 Å². The third kappa shape index (κ3) is 4.70. The Morgan fingerprint density at radius 3 is 2.69 bits per heavy atom. The average Bonchev–Trinajstić information content (AvgIpc) is 3.13. The second-order valence-corrected chi connectivity index (χ2v) is 8.57. The summed E-state index contributed by atoms with van der Waals surface area (Å²) in [6.45, 7) is 6.53. The van der Waals surface area contributed by atoms with Crippen molar-refractivity contribution in [3.63, 3.8) is 0 Å². The molecule has 3 rings (SSSR count). The van der Waals surface area contributed by atoms with Crippen molar-refractivity contribution < 1.29 is 28.5 Å². The molecule has 2 heterocycles. The number of nitrogen functional groups attached to an aromatic ring is 1. The molecule has 1 fully saturated rings. The van der Waals surface area contributed by atoms with Crippen molar-refractivity contribution in [1.82, 2.24) is 4.90 Å². The van der Waals surface area contributed by atoms with Gasteiger partial charge in [0.2, 0.25) is 0 Å². The normalized spacial score (nSPS) is 21.3. The van der Waals surface area contributed by atoms with Gasteiger partial charge in [0.15, 0.2) is 0 Å². The first kappa shape index (κ1) is 21.5. The molecule has 0 unspecified atom stereocenters. The number of carbonyl (C=O) groups excluding carboxylic acids is 2. The Kier molecular flexibility index (Phi) is 6.14. The summed E-state index contributed by atoms with van der Waals surface area (Å²) in [5.74, 6) is -0.125. The van der Waals surface area contributed by atoms with Crippen molar-refractivity contribution >= 4 is 29.4 Å². The van der Waals surface area contributed by atoms with E-state index in [-0.39, 0.29) is 12.1 Å². The van der Waals surface area contributed by atoms with Crippen LogP contribution < -0.4 is 10.5 Å². The average molecular weight is 427 g/mol. The summed E-state index contributed by atoms with van der Waals surface area (Å²) in [6, 6.07) is 1.47. The van der Waals surface area contributed by atoms with Crippen LogP contribution in [0.2, 0.25) is 5.02 Å². The fraction of sp³-hybridized carbons (Fsp3) is 0.600. The summed E-state index contributed by atoms with van der Waals surface area (Å²) >= 11 is 6.18. The Bertz CT molecular complexity index is 807. The number of anilines is 1. The highest BCUT2D eigenvalue weighted by Gasteiger charge is 2.37. The van der Waals surface area contributed by atoms with Crippen LogP contribution >= 0.6 is 11.6 Å². The number of hydrogen-bond donors (Lipinski definition) is 1. The molecule has 0 aromatic heterocycles. The van der Waals surface area contributed by atoms with Crippen LogP contribution in [0.3, 0.4) is 0 Å². The first-order valence-corrected chi connectivity index (χ1v) is 9.94.